The van der Waals surface area contributed by atoms with E-state index in [2.05, 4.69) is 27.7 Å². The van der Waals surface area contributed by atoms with E-state index >= 15 is 0 Å². The van der Waals surface area contributed by atoms with E-state index in [1.165, 1.54) is 38.5 Å². The molecule has 0 N–H and O–H groups in total. The largest absolute Gasteiger partial charge is 0.259 e. The van der Waals surface area contributed by atoms with Gasteiger partial charge in [-0.1, -0.05) is 59.8 Å². The van der Waals surface area contributed by atoms with Crippen molar-refractivity contribution in [2.45, 2.75) is 96.0 Å². The van der Waals surface area contributed by atoms with Crippen molar-refractivity contribution >= 4 is 10.8 Å². The van der Waals surface area contributed by atoms with Gasteiger partial charge in [-0.25, -0.2) is 0 Å². The van der Waals surface area contributed by atoms with E-state index < -0.39 is 10.8 Å². The number of hydrogen-bond donors (Lipinski definition) is 0. The fraction of sp³-hybridized carbons (Fsp3) is 1.00. The van der Waals surface area contributed by atoms with Gasteiger partial charge in [-0.3, -0.25) is 4.21 Å². The predicted molar refractivity (Wildman–Crippen MR) is 80.0 cm³/mol. The molecule has 0 aromatic heterocycles. The van der Waals surface area contributed by atoms with E-state index in [1.54, 1.807) is 0 Å². The van der Waals surface area contributed by atoms with Gasteiger partial charge in [0.2, 0.25) is 0 Å². The molecular weight excluding hydrogens is 228 g/mol. The molecule has 0 aromatic carbocycles. The maximum absolute atomic E-state index is 12.6. The molecule has 0 saturated heterocycles. The van der Waals surface area contributed by atoms with Crippen LogP contribution in [-0.2, 0) is 10.8 Å². The minimum absolute atomic E-state index is 0.448. The summed E-state index contributed by atoms with van der Waals surface area (Å²) in [6.07, 6.45) is 10.6. The van der Waals surface area contributed by atoms with Crippen LogP contribution in [0.4, 0.5) is 0 Å². The van der Waals surface area contributed by atoms with Gasteiger partial charge in [0, 0.05) is 21.3 Å². The first kappa shape index (κ1) is 17.2. The Hall–Kier alpha value is 0.150. The summed E-state index contributed by atoms with van der Waals surface area (Å²) in [4.78, 5) is 0. The summed E-state index contributed by atoms with van der Waals surface area (Å²) in [7, 11) is -0.598. The zero-order chi connectivity index (χ0) is 13.1. The van der Waals surface area contributed by atoms with Gasteiger partial charge in [-0.2, -0.15) is 0 Å². The first-order chi connectivity index (χ1) is 8.21. The zero-order valence-electron chi connectivity index (χ0n) is 12.3. The van der Waals surface area contributed by atoms with E-state index in [4.69, 9.17) is 0 Å². The lowest BCUT2D eigenvalue weighted by Crippen LogP contribution is -2.26. The van der Waals surface area contributed by atoms with Crippen LogP contribution >= 0.6 is 0 Å². The summed E-state index contributed by atoms with van der Waals surface area (Å²) >= 11 is 0. The minimum Gasteiger partial charge on any atom is -0.259 e. The highest BCUT2D eigenvalue weighted by Gasteiger charge is 2.22. The molecule has 0 saturated carbocycles. The van der Waals surface area contributed by atoms with E-state index in [1.807, 2.05) is 0 Å². The molecule has 0 aromatic rings. The second-order valence-electron chi connectivity index (χ2n) is 5.05. The van der Waals surface area contributed by atoms with Gasteiger partial charge in [0.1, 0.15) is 0 Å². The highest BCUT2D eigenvalue weighted by atomic mass is 32.2. The van der Waals surface area contributed by atoms with Crippen LogP contribution in [0.15, 0.2) is 0 Å². The smallest absolute Gasteiger partial charge is 0.0350 e. The molecule has 0 aliphatic heterocycles. The van der Waals surface area contributed by atoms with Gasteiger partial charge >= 0.3 is 0 Å². The quantitative estimate of drug-likeness (QED) is 0.507. The average molecular weight is 260 g/mol. The first-order valence-corrected chi connectivity index (χ1v) is 8.88. The van der Waals surface area contributed by atoms with Crippen molar-refractivity contribution in [1.82, 2.24) is 0 Å². The highest BCUT2D eigenvalue weighted by Crippen LogP contribution is 2.21. The lowest BCUT2D eigenvalue weighted by atomic mass is 10.1. The van der Waals surface area contributed by atoms with Gasteiger partial charge in [0.25, 0.3) is 0 Å². The van der Waals surface area contributed by atoms with Crippen molar-refractivity contribution in [2.75, 3.05) is 0 Å². The number of unbranched alkanes of at least 4 members (excludes halogenated alkanes) is 2. The highest BCUT2D eigenvalue weighted by molar-refractivity contribution is 7.86. The zero-order valence-corrected chi connectivity index (χ0v) is 13.2. The van der Waals surface area contributed by atoms with E-state index in [-0.39, 0.29) is 0 Å². The summed E-state index contributed by atoms with van der Waals surface area (Å²) in [6, 6.07) is 0. The fourth-order valence-corrected chi connectivity index (χ4v) is 4.46. The molecule has 104 valence electrons. The molecule has 0 spiro atoms. The third-order valence-corrected chi connectivity index (χ3v) is 5.84. The molecular formula is C15H32OS. The average Bonchev–Trinajstić information content (AvgIpc) is 2.35. The van der Waals surface area contributed by atoms with Gasteiger partial charge in [-0.05, 0) is 25.7 Å². The standard InChI is InChI=1S/C15H32OS/c1-5-9-12-14(8-4)17(16)15(11-7-3)13-10-6-2/h14-15H,5-13H2,1-4H3. The maximum Gasteiger partial charge on any atom is 0.0350 e. The molecule has 0 bridgehead atoms. The van der Waals surface area contributed by atoms with Crippen molar-refractivity contribution in [3.8, 4) is 0 Å². The molecule has 0 heterocycles. The summed E-state index contributed by atoms with van der Waals surface area (Å²) < 4.78 is 12.6. The Kier molecular flexibility index (Phi) is 11.4. The monoisotopic (exact) mass is 260 g/mol. The van der Waals surface area contributed by atoms with Crippen LogP contribution < -0.4 is 0 Å². The molecule has 2 heteroatoms. The molecule has 0 aliphatic rings. The molecule has 0 rings (SSSR count). The van der Waals surface area contributed by atoms with Gasteiger partial charge in [0.05, 0.1) is 0 Å². The predicted octanol–water partition coefficient (Wildman–Crippen LogP) is 5.06. The van der Waals surface area contributed by atoms with E-state index in [0.29, 0.717) is 10.5 Å². The van der Waals surface area contributed by atoms with Crippen LogP contribution in [0.1, 0.15) is 85.5 Å². The Labute approximate surface area is 111 Å². The van der Waals surface area contributed by atoms with E-state index in [0.717, 1.165) is 19.3 Å². The molecule has 3 atom stereocenters. The summed E-state index contributed by atoms with van der Waals surface area (Å²) in [6.45, 7) is 8.85. The van der Waals surface area contributed by atoms with Crippen LogP contribution in [0.25, 0.3) is 0 Å². The van der Waals surface area contributed by atoms with Crippen molar-refractivity contribution < 1.29 is 4.21 Å². The Bertz CT molecular complexity index is 191. The molecule has 0 aliphatic carbocycles. The topological polar surface area (TPSA) is 17.1 Å². The second-order valence-corrected chi connectivity index (χ2v) is 7.04. The van der Waals surface area contributed by atoms with Crippen molar-refractivity contribution in [3.05, 3.63) is 0 Å². The first-order valence-electron chi connectivity index (χ1n) is 7.60. The molecule has 17 heavy (non-hydrogen) atoms. The molecule has 0 radical (unpaired) electrons. The lowest BCUT2D eigenvalue weighted by molar-refractivity contribution is 0.579. The summed E-state index contributed by atoms with van der Waals surface area (Å²) in [5, 5.41) is 0.908. The van der Waals surface area contributed by atoms with Gasteiger partial charge < -0.3 is 0 Å². The van der Waals surface area contributed by atoms with Crippen LogP contribution in [0.5, 0.6) is 0 Å². The number of hydrogen-bond acceptors (Lipinski definition) is 1. The number of rotatable bonds is 11. The molecule has 1 nitrogen and oxygen atoms in total. The van der Waals surface area contributed by atoms with Crippen molar-refractivity contribution in [3.63, 3.8) is 0 Å². The third kappa shape index (κ3) is 7.23. The van der Waals surface area contributed by atoms with Crippen LogP contribution in [-0.4, -0.2) is 14.7 Å². The Balaban J connectivity index is 4.32. The fourth-order valence-electron chi connectivity index (χ4n) is 2.32. The van der Waals surface area contributed by atoms with Gasteiger partial charge in [0.15, 0.2) is 0 Å². The Morgan fingerprint density at radius 1 is 0.765 bits per heavy atom. The Morgan fingerprint density at radius 3 is 1.71 bits per heavy atom. The SMILES string of the molecule is CCCCC(CC)S(=O)C(CCC)CCCC. The Morgan fingerprint density at radius 2 is 1.29 bits per heavy atom. The summed E-state index contributed by atoms with van der Waals surface area (Å²) in [5.74, 6) is 0. The van der Waals surface area contributed by atoms with E-state index in [9.17, 15) is 4.21 Å². The van der Waals surface area contributed by atoms with Crippen molar-refractivity contribution in [2.24, 2.45) is 0 Å². The van der Waals surface area contributed by atoms with Crippen LogP contribution in [0.2, 0.25) is 0 Å². The van der Waals surface area contributed by atoms with Crippen LogP contribution in [0.3, 0.4) is 0 Å². The third-order valence-electron chi connectivity index (χ3n) is 3.48. The van der Waals surface area contributed by atoms with Gasteiger partial charge in [-0.15, -0.1) is 0 Å². The lowest BCUT2D eigenvalue weighted by Gasteiger charge is -2.22. The van der Waals surface area contributed by atoms with Crippen LogP contribution in [0, 0.1) is 0 Å². The molecule has 0 amide bonds. The molecule has 0 fully saturated rings. The maximum atomic E-state index is 12.6. The normalized spacial score (nSPS) is 16.7. The second kappa shape index (κ2) is 11.3. The molecule has 3 unspecified atom stereocenters. The summed E-state index contributed by atoms with van der Waals surface area (Å²) in [5.41, 5.74) is 0. The van der Waals surface area contributed by atoms with Crippen molar-refractivity contribution in [1.29, 1.82) is 0 Å². The minimum atomic E-state index is -0.598.